The molecule has 0 fully saturated rings. The molecule has 2 N–H and O–H groups in total. The molecule has 0 aromatic heterocycles. The van der Waals surface area contributed by atoms with Gasteiger partial charge in [-0.15, -0.1) is 6.58 Å². The highest BCUT2D eigenvalue weighted by molar-refractivity contribution is 5.22. The highest BCUT2D eigenvalue weighted by Crippen LogP contribution is 2.34. The Bertz CT molecular complexity index is 334. The van der Waals surface area contributed by atoms with Gasteiger partial charge in [0.2, 0.25) is 0 Å². The molecule has 15 heavy (non-hydrogen) atoms. The van der Waals surface area contributed by atoms with E-state index >= 15 is 0 Å². The monoisotopic (exact) mass is 210 g/mol. The van der Waals surface area contributed by atoms with Crippen LogP contribution in [0.2, 0.25) is 0 Å². The van der Waals surface area contributed by atoms with Crippen molar-refractivity contribution in [3.8, 4) is 0 Å². The van der Waals surface area contributed by atoms with Gasteiger partial charge in [-0.05, 0) is 17.7 Å². The summed E-state index contributed by atoms with van der Waals surface area (Å²) in [7, 11) is 0. The summed E-state index contributed by atoms with van der Waals surface area (Å²) in [5.41, 5.74) is -0.245. The fourth-order valence-corrected chi connectivity index (χ4v) is 1.29. The van der Waals surface area contributed by atoms with Gasteiger partial charge in [0.15, 0.2) is 0 Å². The van der Waals surface area contributed by atoms with Crippen molar-refractivity contribution in [2.45, 2.75) is 13.0 Å². The molecule has 0 heterocycles. The normalized spacial score (nSPS) is 16.8. The number of aliphatic hydroxyl groups is 2. The Labute approximate surface area is 88.7 Å². The van der Waals surface area contributed by atoms with Crippen LogP contribution in [0.1, 0.15) is 18.6 Å². The third kappa shape index (κ3) is 2.43. The van der Waals surface area contributed by atoms with E-state index in [4.69, 9.17) is 5.11 Å². The van der Waals surface area contributed by atoms with E-state index in [-0.39, 0.29) is 12.4 Å². The number of halogens is 1. The van der Waals surface area contributed by atoms with Crippen LogP contribution in [0, 0.1) is 11.2 Å². The van der Waals surface area contributed by atoms with Crippen LogP contribution < -0.4 is 0 Å². The summed E-state index contributed by atoms with van der Waals surface area (Å²) in [4.78, 5) is 0. The zero-order valence-corrected chi connectivity index (χ0v) is 8.65. The minimum atomic E-state index is -0.888. The van der Waals surface area contributed by atoms with Crippen molar-refractivity contribution in [1.82, 2.24) is 0 Å². The Morgan fingerprint density at radius 2 is 2.00 bits per heavy atom. The minimum Gasteiger partial charge on any atom is -0.395 e. The fourth-order valence-electron chi connectivity index (χ4n) is 1.29. The minimum absolute atomic E-state index is 0.213. The highest BCUT2D eigenvalue weighted by atomic mass is 19.1. The topological polar surface area (TPSA) is 40.5 Å². The maximum atomic E-state index is 12.7. The van der Waals surface area contributed by atoms with Crippen molar-refractivity contribution in [3.05, 3.63) is 48.3 Å². The summed E-state index contributed by atoms with van der Waals surface area (Å²) in [6, 6.07) is 5.55. The molecular weight excluding hydrogens is 195 g/mol. The van der Waals surface area contributed by atoms with Gasteiger partial charge in [0, 0.05) is 5.41 Å². The maximum absolute atomic E-state index is 12.7. The number of benzene rings is 1. The van der Waals surface area contributed by atoms with Crippen molar-refractivity contribution < 1.29 is 14.6 Å². The first kappa shape index (κ1) is 11.9. The Morgan fingerprint density at radius 3 is 2.40 bits per heavy atom. The first-order valence-corrected chi connectivity index (χ1v) is 4.71. The molecule has 0 bridgehead atoms. The van der Waals surface area contributed by atoms with Crippen LogP contribution in [0.3, 0.4) is 0 Å². The van der Waals surface area contributed by atoms with Crippen LogP contribution >= 0.6 is 0 Å². The molecule has 1 aromatic rings. The lowest BCUT2D eigenvalue weighted by atomic mass is 9.81. The van der Waals surface area contributed by atoms with Crippen LogP contribution in [0.25, 0.3) is 0 Å². The van der Waals surface area contributed by atoms with Crippen LogP contribution in [-0.4, -0.2) is 16.8 Å². The van der Waals surface area contributed by atoms with Crippen LogP contribution in [0.15, 0.2) is 36.9 Å². The second-order valence-electron chi connectivity index (χ2n) is 3.82. The summed E-state index contributed by atoms with van der Waals surface area (Å²) in [6.07, 6.45) is 0.613. The molecule has 0 aliphatic heterocycles. The fraction of sp³-hybridized carbons (Fsp3) is 0.333. The molecule has 0 unspecified atom stereocenters. The predicted molar refractivity (Wildman–Crippen MR) is 56.7 cm³/mol. The van der Waals surface area contributed by atoms with E-state index < -0.39 is 11.5 Å². The summed E-state index contributed by atoms with van der Waals surface area (Å²) >= 11 is 0. The summed E-state index contributed by atoms with van der Waals surface area (Å²) in [5, 5.41) is 19.1. The quantitative estimate of drug-likeness (QED) is 0.747. The van der Waals surface area contributed by atoms with Gasteiger partial charge in [-0.1, -0.05) is 25.1 Å². The van der Waals surface area contributed by atoms with Crippen LogP contribution in [0.4, 0.5) is 4.39 Å². The van der Waals surface area contributed by atoms with E-state index in [1.165, 1.54) is 30.3 Å². The van der Waals surface area contributed by atoms with E-state index in [1.54, 1.807) is 6.92 Å². The second-order valence-corrected chi connectivity index (χ2v) is 3.82. The lowest BCUT2D eigenvalue weighted by Crippen LogP contribution is -2.27. The molecule has 0 amide bonds. The molecule has 3 heteroatoms. The van der Waals surface area contributed by atoms with Gasteiger partial charge in [-0.2, -0.15) is 0 Å². The lowest BCUT2D eigenvalue weighted by Gasteiger charge is -2.29. The molecule has 1 aromatic carbocycles. The molecular formula is C12H15FO2. The molecule has 2 nitrogen and oxygen atoms in total. The smallest absolute Gasteiger partial charge is 0.123 e. The largest absolute Gasteiger partial charge is 0.395 e. The van der Waals surface area contributed by atoms with Crippen molar-refractivity contribution in [3.63, 3.8) is 0 Å². The van der Waals surface area contributed by atoms with Gasteiger partial charge < -0.3 is 10.2 Å². The molecule has 0 saturated heterocycles. The van der Waals surface area contributed by atoms with Gasteiger partial charge in [0.25, 0.3) is 0 Å². The van der Waals surface area contributed by atoms with E-state index in [0.717, 1.165) is 0 Å². The van der Waals surface area contributed by atoms with Gasteiger partial charge in [0.05, 0.1) is 12.7 Å². The van der Waals surface area contributed by atoms with E-state index in [2.05, 4.69) is 6.58 Å². The van der Waals surface area contributed by atoms with Gasteiger partial charge in [-0.3, -0.25) is 0 Å². The average Bonchev–Trinajstić information content (AvgIpc) is 2.28. The summed E-state index contributed by atoms with van der Waals surface area (Å²) in [5.74, 6) is -0.352. The van der Waals surface area contributed by atoms with Crippen molar-refractivity contribution in [2.24, 2.45) is 5.41 Å². The van der Waals surface area contributed by atoms with Crippen LogP contribution in [-0.2, 0) is 0 Å². The molecule has 0 spiro atoms. The standard InChI is InChI=1S/C12H15FO2/c1-3-12(2,8-14)11(15)9-4-6-10(13)7-5-9/h3-7,11,14-15H,1,8H2,2H3/t11-,12-/m1/s1. The Hall–Kier alpha value is -1.19. The van der Waals surface area contributed by atoms with Crippen molar-refractivity contribution in [2.75, 3.05) is 6.61 Å². The number of hydrogen-bond acceptors (Lipinski definition) is 2. The van der Waals surface area contributed by atoms with Crippen molar-refractivity contribution >= 4 is 0 Å². The van der Waals surface area contributed by atoms with E-state index in [0.29, 0.717) is 5.56 Å². The number of hydrogen-bond donors (Lipinski definition) is 2. The van der Waals surface area contributed by atoms with E-state index in [1.807, 2.05) is 0 Å². The van der Waals surface area contributed by atoms with Gasteiger partial charge in [-0.25, -0.2) is 4.39 Å². The lowest BCUT2D eigenvalue weighted by molar-refractivity contribution is 0.0269. The zero-order chi connectivity index (χ0) is 11.5. The second kappa shape index (κ2) is 4.55. The first-order valence-electron chi connectivity index (χ1n) is 4.71. The summed E-state index contributed by atoms with van der Waals surface area (Å²) in [6.45, 7) is 5.05. The molecule has 1 rings (SSSR count). The molecule has 0 saturated carbocycles. The van der Waals surface area contributed by atoms with Crippen molar-refractivity contribution in [1.29, 1.82) is 0 Å². The molecule has 2 atom stereocenters. The number of rotatable bonds is 4. The third-order valence-corrected chi connectivity index (χ3v) is 2.62. The maximum Gasteiger partial charge on any atom is 0.123 e. The highest BCUT2D eigenvalue weighted by Gasteiger charge is 2.30. The van der Waals surface area contributed by atoms with Gasteiger partial charge in [0.1, 0.15) is 5.82 Å². The van der Waals surface area contributed by atoms with Gasteiger partial charge >= 0.3 is 0 Å². The molecule has 0 aliphatic rings. The third-order valence-electron chi connectivity index (χ3n) is 2.62. The molecule has 0 radical (unpaired) electrons. The zero-order valence-electron chi connectivity index (χ0n) is 8.65. The summed E-state index contributed by atoms with van der Waals surface area (Å²) < 4.78 is 12.7. The molecule has 82 valence electrons. The Morgan fingerprint density at radius 1 is 1.47 bits per heavy atom. The first-order chi connectivity index (χ1) is 7.03. The Kier molecular flexibility index (Phi) is 3.61. The Balaban J connectivity index is 2.97. The van der Waals surface area contributed by atoms with E-state index in [9.17, 15) is 9.50 Å². The van der Waals surface area contributed by atoms with Crippen LogP contribution in [0.5, 0.6) is 0 Å². The number of aliphatic hydroxyl groups excluding tert-OH is 2. The molecule has 0 aliphatic carbocycles. The SMILES string of the molecule is C=C[C@](C)(CO)[C@H](O)c1ccc(F)cc1. The average molecular weight is 210 g/mol. The predicted octanol–water partition coefficient (Wildman–Crippen LogP) is 2.04.